The van der Waals surface area contributed by atoms with Crippen LogP contribution in [-0.4, -0.2) is 17.9 Å². The monoisotopic (exact) mass is 415 g/mol. The second-order valence-corrected chi connectivity index (χ2v) is 7.22. The number of hydrogen-bond acceptors (Lipinski definition) is 4. The summed E-state index contributed by atoms with van der Waals surface area (Å²) in [4.78, 5) is 27.1. The van der Waals surface area contributed by atoms with E-state index in [2.05, 4.69) is 20.9 Å². The summed E-state index contributed by atoms with van der Waals surface area (Å²) < 4.78 is 7.13. The predicted molar refractivity (Wildman–Crippen MR) is 104 cm³/mol. The Balaban J connectivity index is 1.93. The van der Waals surface area contributed by atoms with Crippen molar-refractivity contribution in [2.24, 2.45) is 0 Å². The summed E-state index contributed by atoms with van der Waals surface area (Å²) in [6.07, 6.45) is 3.23. The Kier molecular flexibility index (Phi) is 5.31. The number of aromatic nitrogens is 1. The number of carbonyl (C=O) groups excluding carboxylic acids is 1. The molecular formula is C19H14BrNO3S. The number of halogens is 1. The first-order chi connectivity index (χ1) is 12.0. The number of carbonyl (C=O) groups is 1. The van der Waals surface area contributed by atoms with Gasteiger partial charge in [0.25, 0.3) is 5.56 Å². The van der Waals surface area contributed by atoms with Crippen LogP contribution in [0.25, 0.3) is 12.2 Å². The summed E-state index contributed by atoms with van der Waals surface area (Å²) in [6.45, 7) is 0. The molecule has 1 heterocycles. The maximum absolute atomic E-state index is 12.3. The van der Waals surface area contributed by atoms with Crippen LogP contribution < -0.4 is 19.5 Å². The summed E-state index contributed by atoms with van der Waals surface area (Å²) >= 11 is 4.63. The molecule has 1 aromatic heterocycles. The Morgan fingerprint density at radius 1 is 1.12 bits per heavy atom. The molecule has 0 fully saturated rings. The van der Waals surface area contributed by atoms with Crippen LogP contribution in [-0.2, 0) is 0 Å². The minimum atomic E-state index is -0.207. The van der Waals surface area contributed by atoms with E-state index < -0.39 is 0 Å². The number of aromatic amines is 1. The average molecular weight is 416 g/mol. The summed E-state index contributed by atoms with van der Waals surface area (Å²) in [7, 11) is 1.57. The van der Waals surface area contributed by atoms with Gasteiger partial charge in [-0.15, -0.1) is 11.3 Å². The summed E-state index contributed by atoms with van der Waals surface area (Å²) in [5.41, 5.74) is 1.25. The summed E-state index contributed by atoms with van der Waals surface area (Å²) in [5.74, 6) is 0.516. The van der Waals surface area contributed by atoms with Crippen LogP contribution in [0.15, 0.2) is 57.8 Å². The molecule has 6 heteroatoms. The van der Waals surface area contributed by atoms with Gasteiger partial charge in [-0.05, 0) is 48.0 Å². The minimum Gasteiger partial charge on any atom is -0.497 e. The van der Waals surface area contributed by atoms with Crippen LogP contribution in [0.1, 0.15) is 15.9 Å². The third kappa shape index (κ3) is 4.35. The number of ether oxygens (including phenoxy) is 1. The lowest BCUT2D eigenvalue weighted by Crippen LogP contribution is -2.19. The van der Waals surface area contributed by atoms with Gasteiger partial charge in [0.15, 0.2) is 5.78 Å². The minimum absolute atomic E-state index is 0.171. The van der Waals surface area contributed by atoms with Crippen LogP contribution >= 0.6 is 27.3 Å². The number of nitrogens with one attached hydrogen (secondary N) is 1. The molecule has 3 aromatic rings. The van der Waals surface area contributed by atoms with Crippen LogP contribution in [0, 0.1) is 0 Å². The van der Waals surface area contributed by atoms with Gasteiger partial charge in [-0.2, -0.15) is 0 Å². The molecule has 0 amide bonds. The smallest absolute Gasteiger partial charge is 0.266 e. The van der Waals surface area contributed by atoms with E-state index in [4.69, 9.17) is 4.74 Å². The highest BCUT2D eigenvalue weighted by Crippen LogP contribution is 2.12. The molecule has 4 nitrogen and oxygen atoms in total. The van der Waals surface area contributed by atoms with E-state index in [1.165, 1.54) is 17.4 Å². The van der Waals surface area contributed by atoms with Crippen molar-refractivity contribution in [3.63, 3.8) is 0 Å². The quantitative estimate of drug-likeness (QED) is 0.666. The molecule has 0 saturated carbocycles. The number of methoxy groups -OCH3 is 1. The number of Topliss-reactive ketones (excluding diaryl/α,β-unsaturated/α-hetero) is 1. The zero-order chi connectivity index (χ0) is 17.8. The molecule has 0 bridgehead atoms. The average Bonchev–Trinajstić information content (AvgIpc) is 2.96. The Morgan fingerprint density at radius 3 is 2.44 bits per heavy atom. The molecule has 3 rings (SSSR count). The SMILES string of the molecule is COc1ccc(C(=O)C=c2[nH]c(=O)c(=Cc3ccc(Br)cc3)s2)cc1. The lowest BCUT2D eigenvalue weighted by molar-refractivity contribution is 0.106. The van der Waals surface area contributed by atoms with Crippen molar-refractivity contribution in [1.82, 2.24) is 4.98 Å². The van der Waals surface area contributed by atoms with Crippen LogP contribution in [0.5, 0.6) is 5.75 Å². The molecule has 0 aliphatic rings. The van der Waals surface area contributed by atoms with E-state index >= 15 is 0 Å². The molecular weight excluding hydrogens is 402 g/mol. The van der Waals surface area contributed by atoms with E-state index in [1.54, 1.807) is 37.5 Å². The molecule has 126 valence electrons. The first-order valence-corrected chi connectivity index (χ1v) is 9.02. The second kappa shape index (κ2) is 7.63. The summed E-state index contributed by atoms with van der Waals surface area (Å²) in [6, 6.07) is 14.5. The van der Waals surface area contributed by atoms with Gasteiger partial charge in [0.1, 0.15) is 5.75 Å². The third-order valence-corrected chi connectivity index (χ3v) is 4.98. The van der Waals surface area contributed by atoms with Crippen molar-refractivity contribution in [3.8, 4) is 5.75 Å². The fourth-order valence-electron chi connectivity index (χ4n) is 2.19. The standard InChI is InChI=1S/C19H14BrNO3S/c1-24-15-8-4-13(5-9-15)16(22)11-18-21-19(23)17(25-18)10-12-2-6-14(20)7-3-12/h2-11H,1H3,(H,21,23). The number of rotatable bonds is 4. The predicted octanol–water partition coefficient (Wildman–Crippen LogP) is 2.70. The second-order valence-electron chi connectivity index (χ2n) is 5.22. The maximum atomic E-state index is 12.3. The fraction of sp³-hybridized carbons (Fsp3) is 0.0526. The first kappa shape index (κ1) is 17.4. The lowest BCUT2D eigenvalue weighted by Gasteiger charge is -1.99. The van der Waals surface area contributed by atoms with Crippen molar-refractivity contribution in [2.45, 2.75) is 0 Å². The van der Waals surface area contributed by atoms with Crippen molar-refractivity contribution in [1.29, 1.82) is 0 Å². The fourth-order valence-corrected chi connectivity index (χ4v) is 3.34. The molecule has 1 N–H and O–H groups in total. The molecule has 0 atom stereocenters. The normalized spacial score (nSPS) is 12.4. The van der Waals surface area contributed by atoms with Gasteiger partial charge in [-0.1, -0.05) is 28.1 Å². The lowest BCUT2D eigenvalue weighted by atomic mass is 10.1. The van der Waals surface area contributed by atoms with Crippen molar-refractivity contribution in [2.75, 3.05) is 7.11 Å². The first-order valence-electron chi connectivity index (χ1n) is 7.42. The molecule has 0 spiro atoms. The zero-order valence-electron chi connectivity index (χ0n) is 13.3. The zero-order valence-corrected chi connectivity index (χ0v) is 15.7. The van der Waals surface area contributed by atoms with Gasteiger partial charge in [-0.25, -0.2) is 0 Å². The van der Waals surface area contributed by atoms with Gasteiger partial charge in [0, 0.05) is 16.1 Å². The molecule has 0 aliphatic carbocycles. The molecule has 0 aliphatic heterocycles. The third-order valence-electron chi connectivity index (χ3n) is 3.48. The van der Waals surface area contributed by atoms with Crippen molar-refractivity contribution < 1.29 is 9.53 Å². The number of hydrogen-bond donors (Lipinski definition) is 1. The Hall–Kier alpha value is -2.44. The van der Waals surface area contributed by atoms with E-state index in [0.29, 0.717) is 20.5 Å². The van der Waals surface area contributed by atoms with Gasteiger partial charge in [0.05, 0.1) is 16.3 Å². The molecule has 0 radical (unpaired) electrons. The van der Waals surface area contributed by atoms with Crippen LogP contribution in [0.3, 0.4) is 0 Å². The summed E-state index contributed by atoms with van der Waals surface area (Å²) in [5, 5.41) is 0. The largest absolute Gasteiger partial charge is 0.497 e. The van der Waals surface area contributed by atoms with Crippen molar-refractivity contribution >= 4 is 45.2 Å². The number of thiazole rings is 1. The molecule has 0 unspecified atom stereocenters. The maximum Gasteiger partial charge on any atom is 0.266 e. The Bertz CT molecular complexity index is 1060. The van der Waals surface area contributed by atoms with E-state index in [1.807, 2.05) is 24.3 Å². The highest BCUT2D eigenvalue weighted by molar-refractivity contribution is 9.10. The van der Waals surface area contributed by atoms with Crippen LogP contribution in [0.2, 0.25) is 0 Å². The van der Waals surface area contributed by atoms with Gasteiger partial charge in [-0.3, -0.25) is 9.59 Å². The van der Waals surface area contributed by atoms with E-state index in [0.717, 1.165) is 10.0 Å². The van der Waals surface area contributed by atoms with E-state index in [9.17, 15) is 9.59 Å². The number of H-pyrrole nitrogens is 1. The molecule has 25 heavy (non-hydrogen) atoms. The highest BCUT2D eigenvalue weighted by atomic mass is 79.9. The van der Waals surface area contributed by atoms with Gasteiger partial charge < -0.3 is 9.72 Å². The van der Waals surface area contributed by atoms with Gasteiger partial charge >= 0.3 is 0 Å². The van der Waals surface area contributed by atoms with Gasteiger partial charge in [0.2, 0.25) is 0 Å². The van der Waals surface area contributed by atoms with Crippen LogP contribution in [0.4, 0.5) is 0 Å². The highest BCUT2D eigenvalue weighted by Gasteiger charge is 2.04. The number of ketones is 1. The Morgan fingerprint density at radius 2 is 1.80 bits per heavy atom. The topological polar surface area (TPSA) is 59.2 Å². The van der Waals surface area contributed by atoms with Crippen molar-refractivity contribution in [3.05, 3.63) is 83.7 Å². The number of benzene rings is 2. The molecule has 0 saturated heterocycles. The molecule has 2 aromatic carbocycles. The Labute approximate surface area is 156 Å². The van der Waals surface area contributed by atoms with E-state index in [-0.39, 0.29) is 11.3 Å².